The van der Waals surface area contributed by atoms with Gasteiger partial charge in [0.15, 0.2) is 0 Å². The van der Waals surface area contributed by atoms with E-state index in [4.69, 9.17) is 0 Å². The van der Waals surface area contributed by atoms with Crippen LogP contribution in [0.2, 0.25) is 0 Å². The summed E-state index contributed by atoms with van der Waals surface area (Å²) in [5, 5.41) is 0. The number of methoxy groups -OCH3 is 1. The SMILES string of the molecule is COC(=O)[C@H](C)NS(=O)(=O)c1cc(Br)ccc1C. The van der Waals surface area contributed by atoms with Gasteiger partial charge in [0.2, 0.25) is 10.0 Å². The van der Waals surface area contributed by atoms with Crippen LogP contribution in [0.3, 0.4) is 0 Å². The minimum atomic E-state index is -3.75. The molecule has 18 heavy (non-hydrogen) atoms. The van der Waals surface area contributed by atoms with Crippen LogP contribution >= 0.6 is 15.9 Å². The van der Waals surface area contributed by atoms with Crippen molar-refractivity contribution in [3.05, 3.63) is 28.2 Å². The van der Waals surface area contributed by atoms with Crippen molar-refractivity contribution in [1.82, 2.24) is 4.72 Å². The van der Waals surface area contributed by atoms with Gasteiger partial charge in [-0.1, -0.05) is 22.0 Å². The van der Waals surface area contributed by atoms with Crippen LogP contribution in [0.1, 0.15) is 12.5 Å². The summed E-state index contributed by atoms with van der Waals surface area (Å²) < 4.78 is 31.6. The number of hydrogen-bond acceptors (Lipinski definition) is 4. The number of halogens is 1. The quantitative estimate of drug-likeness (QED) is 0.848. The van der Waals surface area contributed by atoms with Gasteiger partial charge in [0.05, 0.1) is 12.0 Å². The maximum atomic E-state index is 12.1. The molecule has 1 atom stereocenters. The Kier molecular flexibility index (Phi) is 4.89. The van der Waals surface area contributed by atoms with Crippen LogP contribution in [0, 0.1) is 6.92 Å². The van der Waals surface area contributed by atoms with E-state index in [-0.39, 0.29) is 4.90 Å². The van der Waals surface area contributed by atoms with Crippen LogP contribution in [0.25, 0.3) is 0 Å². The van der Waals surface area contributed by atoms with Crippen molar-refractivity contribution in [3.63, 3.8) is 0 Å². The van der Waals surface area contributed by atoms with Gasteiger partial charge in [-0.3, -0.25) is 4.79 Å². The molecule has 5 nitrogen and oxygen atoms in total. The molecule has 100 valence electrons. The Morgan fingerprint density at radius 3 is 2.61 bits per heavy atom. The minimum Gasteiger partial charge on any atom is -0.468 e. The average Bonchev–Trinajstić information content (AvgIpc) is 2.30. The number of sulfonamides is 1. The Labute approximate surface area is 115 Å². The second-order valence-electron chi connectivity index (χ2n) is 3.78. The summed E-state index contributed by atoms with van der Waals surface area (Å²) in [5.74, 6) is -0.633. The number of hydrogen-bond donors (Lipinski definition) is 1. The summed E-state index contributed by atoms with van der Waals surface area (Å²) >= 11 is 3.21. The molecule has 0 saturated heterocycles. The number of esters is 1. The molecule has 0 radical (unpaired) electrons. The van der Waals surface area contributed by atoms with Crippen molar-refractivity contribution in [2.24, 2.45) is 0 Å². The van der Waals surface area contributed by atoms with E-state index < -0.39 is 22.0 Å². The number of carbonyl (C=O) groups excluding carboxylic acids is 1. The fourth-order valence-electron chi connectivity index (χ4n) is 1.38. The van der Waals surface area contributed by atoms with Crippen molar-refractivity contribution in [1.29, 1.82) is 0 Å². The first-order valence-electron chi connectivity index (χ1n) is 5.14. The first-order valence-corrected chi connectivity index (χ1v) is 7.42. The van der Waals surface area contributed by atoms with Crippen molar-refractivity contribution in [3.8, 4) is 0 Å². The van der Waals surface area contributed by atoms with Crippen molar-refractivity contribution < 1.29 is 17.9 Å². The second kappa shape index (κ2) is 5.81. The fraction of sp³-hybridized carbons (Fsp3) is 0.364. The lowest BCUT2D eigenvalue weighted by molar-refractivity contribution is -0.142. The average molecular weight is 336 g/mol. The molecule has 0 aliphatic carbocycles. The molecule has 0 unspecified atom stereocenters. The van der Waals surface area contributed by atoms with Crippen LogP contribution in [0.4, 0.5) is 0 Å². The number of nitrogens with one attached hydrogen (secondary N) is 1. The van der Waals surface area contributed by atoms with Crippen LogP contribution in [-0.2, 0) is 19.6 Å². The minimum absolute atomic E-state index is 0.132. The van der Waals surface area contributed by atoms with Crippen molar-refractivity contribution in [2.45, 2.75) is 24.8 Å². The monoisotopic (exact) mass is 335 g/mol. The van der Waals surface area contributed by atoms with Gasteiger partial charge in [0, 0.05) is 4.47 Å². The van der Waals surface area contributed by atoms with Crippen molar-refractivity contribution >= 4 is 31.9 Å². The Balaban J connectivity index is 3.07. The first kappa shape index (κ1) is 15.1. The summed E-state index contributed by atoms with van der Waals surface area (Å²) in [6, 6.07) is 3.99. The molecule has 0 aliphatic rings. The summed E-state index contributed by atoms with van der Waals surface area (Å²) in [7, 11) is -2.54. The zero-order valence-corrected chi connectivity index (χ0v) is 12.6. The van der Waals surface area contributed by atoms with E-state index in [0.717, 1.165) is 0 Å². The third-order valence-electron chi connectivity index (χ3n) is 2.33. The molecule has 1 aromatic carbocycles. The second-order valence-corrected chi connectivity index (χ2v) is 6.37. The van der Waals surface area contributed by atoms with Crippen LogP contribution in [0.15, 0.2) is 27.6 Å². The summed E-state index contributed by atoms with van der Waals surface area (Å²) in [6.45, 7) is 3.11. The van der Waals surface area contributed by atoms with Gasteiger partial charge in [-0.25, -0.2) is 8.42 Å². The molecule has 1 N–H and O–H groups in total. The highest BCUT2D eigenvalue weighted by Crippen LogP contribution is 2.20. The molecule has 0 aliphatic heterocycles. The normalized spacial score (nSPS) is 13.1. The smallest absolute Gasteiger partial charge is 0.323 e. The van der Waals surface area contributed by atoms with E-state index in [0.29, 0.717) is 10.0 Å². The van der Waals surface area contributed by atoms with Gasteiger partial charge in [-0.15, -0.1) is 0 Å². The van der Waals surface area contributed by atoms with E-state index in [9.17, 15) is 13.2 Å². The number of carbonyl (C=O) groups is 1. The topological polar surface area (TPSA) is 72.5 Å². The molecule has 0 heterocycles. The highest BCUT2D eigenvalue weighted by molar-refractivity contribution is 9.10. The van der Waals surface area contributed by atoms with Crippen LogP contribution in [0.5, 0.6) is 0 Å². The predicted molar refractivity (Wildman–Crippen MR) is 70.7 cm³/mol. The molecule has 0 amide bonds. The van der Waals surface area contributed by atoms with E-state index in [1.54, 1.807) is 19.1 Å². The zero-order valence-electron chi connectivity index (χ0n) is 10.2. The zero-order chi connectivity index (χ0) is 13.9. The number of benzene rings is 1. The molecule has 0 spiro atoms. The Morgan fingerprint density at radius 1 is 1.44 bits per heavy atom. The lowest BCUT2D eigenvalue weighted by Crippen LogP contribution is -2.39. The molecule has 0 bridgehead atoms. The third kappa shape index (κ3) is 3.54. The molecule has 1 rings (SSSR count). The number of aryl methyl sites for hydroxylation is 1. The summed E-state index contributed by atoms with van der Waals surface area (Å²) in [6.07, 6.45) is 0. The Morgan fingerprint density at radius 2 is 2.06 bits per heavy atom. The van der Waals surface area contributed by atoms with Gasteiger partial charge in [0.25, 0.3) is 0 Å². The number of rotatable bonds is 4. The van der Waals surface area contributed by atoms with Gasteiger partial charge in [0.1, 0.15) is 6.04 Å². The predicted octanol–water partition coefficient (Wildman–Crippen LogP) is 1.60. The first-order chi connectivity index (χ1) is 8.27. The largest absolute Gasteiger partial charge is 0.468 e. The van der Waals surface area contributed by atoms with E-state index >= 15 is 0 Å². The van der Waals surface area contributed by atoms with Gasteiger partial charge in [-0.05, 0) is 31.5 Å². The Bertz CT molecular complexity index is 556. The molecule has 0 fully saturated rings. The highest BCUT2D eigenvalue weighted by atomic mass is 79.9. The lowest BCUT2D eigenvalue weighted by atomic mass is 10.2. The molecule has 0 aromatic heterocycles. The number of ether oxygens (including phenoxy) is 1. The van der Waals surface area contributed by atoms with Gasteiger partial charge < -0.3 is 4.74 Å². The van der Waals surface area contributed by atoms with E-state index in [1.807, 2.05) is 0 Å². The maximum absolute atomic E-state index is 12.1. The van der Waals surface area contributed by atoms with Crippen LogP contribution in [-0.4, -0.2) is 27.5 Å². The van der Waals surface area contributed by atoms with Gasteiger partial charge in [-0.2, -0.15) is 4.72 Å². The maximum Gasteiger partial charge on any atom is 0.323 e. The lowest BCUT2D eigenvalue weighted by Gasteiger charge is -2.13. The standard InChI is InChI=1S/C11H14BrNO4S/c1-7-4-5-9(12)6-10(7)18(15,16)13-8(2)11(14)17-3/h4-6,8,13H,1-3H3/t8-/m0/s1. The Hall–Kier alpha value is -0.920. The summed E-state index contributed by atoms with van der Waals surface area (Å²) in [4.78, 5) is 11.3. The molecule has 7 heteroatoms. The third-order valence-corrected chi connectivity index (χ3v) is 4.50. The molecular formula is C11H14BrNO4S. The van der Waals surface area contributed by atoms with E-state index in [1.165, 1.54) is 20.1 Å². The summed E-state index contributed by atoms with van der Waals surface area (Å²) in [5.41, 5.74) is 0.600. The van der Waals surface area contributed by atoms with Crippen LogP contribution < -0.4 is 4.72 Å². The molecule has 1 aromatic rings. The van der Waals surface area contributed by atoms with E-state index in [2.05, 4.69) is 25.4 Å². The highest BCUT2D eigenvalue weighted by Gasteiger charge is 2.23. The molecular weight excluding hydrogens is 322 g/mol. The van der Waals surface area contributed by atoms with Crippen molar-refractivity contribution in [2.75, 3.05) is 7.11 Å². The fourth-order valence-corrected chi connectivity index (χ4v) is 3.36. The van der Waals surface area contributed by atoms with Gasteiger partial charge >= 0.3 is 5.97 Å². The molecule has 0 saturated carbocycles.